The van der Waals surface area contributed by atoms with Crippen LogP contribution in [0, 0.1) is 0 Å². The van der Waals surface area contributed by atoms with Crippen molar-refractivity contribution in [2.75, 3.05) is 6.61 Å². The summed E-state index contributed by atoms with van der Waals surface area (Å²) in [7, 11) is 0. The first kappa shape index (κ1) is 18.3. The Labute approximate surface area is 136 Å². The lowest BCUT2D eigenvalue weighted by molar-refractivity contribution is -0.329. The van der Waals surface area contributed by atoms with Gasteiger partial charge in [-0.25, -0.2) is 0 Å². The molecule has 0 amide bonds. The lowest BCUT2D eigenvalue weighted by Gasteiger charge is -2.37. The van der Waals surface area contributed by atoms with Crippen LogP contribution in [-0.4, -0.2) is 19.1 Å². The summed E-state index contributed by atoms with van der Waals surface area (Å²) in [5.74, 6) is 0.323. The summed E-state index contributed by atoms with van der Waals surface area (Å²) in [6, 6.07) is 6.58. The summed E-state index contributed by atoms with van der Waals surface area (Å²) in [6.45, 7) is 5.65. The van der Waals surface area contributed by atoms with E-state index in [0.29, 0.717) is 18.9 Å². The molecule has 0 saturated carbocycles. The summed E-state index contributed by atoms with van der Waals surface area (Å²) >= 11 is 0. The van der Waals surface area contributed by atoms with Crippen molar-refractivity contribution in [3.8, 4) is 0 Å². The van der Waals surface area contributed by atoms with Crippen LogP contribution in [0.2, 0.25) is 0 Å². The molecule has 1 fully saturated rings. The molecule has 0 radical (unpaired) electrons. The highest BCUT2D eigenvalue weighted by atomic mass is 19.4. The van der Waals surface area contributed by atoms with E-state index >= 15 is 0 Å². The van der Waals surface area contributed by atoms with Crippen molar-refractivity contribution in [1.29, 1.82) is 0 Å². The van der Waals surface area contributed by atoms with Gasteiger partial charge in [0, 0.05) is 6.61 Å². The first-order chi connectivity index (χ1) is 10.8. The van der Waals surface area contributed by atoms with Gasteiger partial charge in [0.2, 0.25) is 0 Å². The fourth-order valence-electron chi connectivity index (χ4n) is 2.73. The fraction of sp³-hybridized carbons (Fsp3) is 0.667. The normalized spacial score (nSPS) is 23.3. The fourth-order valence-corrected chi connectivity index (χ4v) is 2.73. The molecule has 5 heteroatoms. The van der Waals surface area contributed by atoms with Crippen LogP contribution in [0.4, 0.5) is 13.2 Å². The Morgan fingerprint density at radius 3 is 2.35 bits per heavy atom. The number of halogens is 3. The van der Waals surface area contributed by atoms with Crippen LogP contribution in [0.5, 0.6) is 0 Å². The summed E-state index contributed by atoms with van der Waals surface area (Å²) in [4.78, 5) is 0. The summed E-state index contributed by atoms with van der Waals surface area (Å²) in [5.41, 5.74) is -1.20. The highest BCUT2D eigenvalue weighted by Crippen LogP contribution is 2.44. The Morgan fingerprint density at radius 1 is 1.22 bits per heavy atom. The van der Waals surface area contributed by atoms with Crippen LogP contribution in [0.1, 0.15) is 63.5 Å². The summed E-state index contributed by atoms with van der Waals surface area (Å²) in [5, 5.41) is 0. The summed E-state index contributed by atoms with van der Waals surface area (Å²) in [6.07, 6.45) is -2.17. The number of hydrogen-bond acceptors (Lipinski definition) is 2. The molecule has 0 spiro atoms. The van der Waals surface area contributed by atoms with Crippen molar-refractivity contribution >= 4 is 0 Å². The monoisotopic (exact) mass is 330 g/mol. The Balaban J connectivity index is 2.26. The van der Waals surface area contributed by atoms with Crippen molar-refractivity contribution < 1.29 is 22.6 Å². The van der Waals surface area contributed by atoms with Crippen LogP contribution in [0.25, 0.3) is 0 Å². The maximum atomic E-state index is 13.7. The molecule has 3 unspecified atom stereocenters. The van der Waals surface area contributed by atoms with Crippen LogP contribution >= 0.6 is 0 Å². The molecule has 0 N–H and O–H groups in total. The van der Waals surface area contributed by atoms with Gasteiger partial charge in [-0.1, -0.05) is 38.1 Å². The molecule has 3 atom stereocenters. The second-order valence-electron chi connectivity index (χ2n) is 6.38. The third kappa shape index (κ3) is 4.07. The van der Waals surface area contributed by atoms with Gasteiger partial charge < -0.3 is 9.47 Å². The van der Waals surface area contributed by atoms with Crippen LogP contribution in [0.15, 0.2) is 24.3 Å². The second-order valence-corrected chi connectivity index (χ2v) is 6.38. The molecule has 1 heterocycles. The Morgan fingerprint density at radius 2 is 1.87 bits per heavy atom. The second kappa shape index (κ2) is 7.22. The molecule has 0 aliphatic carbocycles. The third-order valence-corrected chi connectivity index (χ3v) is 4.69. The molecule has 1 saturated heterocycles. The first-order valence-electron chi connectivity index (χ1n) is 8.24. The van der Waals surface area contributed by atoms with E-state index in [0.717, 1.165) is 31.7 Å². The van der Waals surface area contributed by atoms with Gasteiger partial charge >= 0.3 is 6.18 Å². The van der Waals surface area contributed by atoms with Crippen molar-refractivity contribution in [2.24, 2.45) is 0 Å². The van der Waals surface area contributed by atoms with Gasteiger partial charge in [0.1, 0.15) is 0 Å². The number of hydrogen-bond donors (Lipinski definition) is 0. The lowest BCUT2D eigenvalue weighted by atomic mass is 9.91. The molecular weight excluding hydrogens is 305 g/mol. The van der Waals surface area contributed by atoms with Crippen molar-refractivity contribution in [1.82, 2.24) is 0 Å². The van der Waals surface area contributed by atoms with E-state index in [2.05, 4.69) is 13.8 Å². The molecule has 1 aromatic rings. The van der Waals surface area contributed by atoms with E-state index < -0.39 is 18.1 Å². The van der Waals surface area contributed by atoms with Crippen LogP contribution in [0.3, 0.4) is 0 Å². The predicted molar refractivity (Wildman–Crippen MR) is 83.2 cm³/mol. The smallest absolute Gasteiger partial charge is 0.353 e. The van der Waals surface area contributed by atoms with Gasteiger partial charge in [-0.3, -0.25) is 0 Å². The van der Waals surface area contributed by atoms with E-state index in [9.17, 15) is 13.2 Å². The topological polar surface area (TPSA) is 18.5 Å². The number of rotatable bonds is 5. The number of ether oxygens (including phenoxy) is 2. The van der Waals surface area contributed by atoms with Crippen molar-refractivity contribution in [3.05, 3.63) is 35.4 Å². The standard InChI is InChI=1S/C18H25F3O2/c1-4-13(2)14-8-10-15(11-9-14)17(3,18(19,20)21)23-16-7-5-6-12-22-16/h8-11,13,16H,4-7,12H2,1-3H3. The Hall–Kier alpha value is -1.07. The van der Waals surface area contributed by atoms with Gasteiger partial charge in [0.05, 0.1) is 0 Å². The molecule has 2 rings (SSSR count). The molecule has 1 aliphatic rings. The summed E-state index contributed by atoms with van der Waals surface area (Å²) < 4.78 is 51.8. The van der Waals surface area contributed by atoms with Gasteiger partial charge in [0.25, 0.3) is 0 Å². The molecule has 0 bridgehead atoms. The largest absolute Gasteiger partial charge is 0.421 e. The molecular formula is C18H25F3O2. The number of benzene rings is 1. The average molecular weight is 330 g/mol. The molecule has 2 nitrogen and oxygen atoms in total. The maximum absolute atomic E-state index is 13.7. The average Bonchev–Trinajstić information content (AvgIpc) is 2.54. The maximum Gasteiger partial charge on any atom is 0.421 e. The van der Waals surface area contributed by atoms with Crippen molar-refractivity contribution in [3.63, 3.8) is 0 Å². The van der Waals surface area contributed by atoms with Gasteiger partial charge in [-0.2, -0.15) is 13.2 Å². The molecule has 1 aliphatic heterocycles. The van der Waals surface area contributed by atoms with Crippen molar-refractivity contribution in [2.45, 2.75) is 70.4 Å². The quantitative estimate of drug-likeness (QED) is 0.707. The molecule has 0 aromatic heterocycles. The zero-order chi connectivity index (χ0) is 17.1. The molecule has 130 valence electrons. The first-order valence-corrected chi connectivity index (χ1v) is 8.24. The minimum atomic E-state index is -4.51. The minimum absolute atomic E-state index is 0.117. The highest BCUT2D eigenvalue weighted by Gasteiger charge is 2.55. The van der Waals surface area contributed by atoms with Gasteiger partial charge in [0.15, 0.2) is 11.9 Å². The number of alkyl halides is 3. The van der Waals surface area contributed by atoms with Crippen LogP contribution < -0.4 is 0 Å². The van der Waals surface area contributed by atoms with E-state index in [4.69, 9.17) is 9.47 Å². The van der Waals surface area contributed by atoms with Gasteiger partial charge in [-0.15, -0.1) is 0 Å². The van der Waals surface area contributed by atoms with Crippen LogP contribution in [-0.2, 0) is 15.1 Å². The Kier molecular flexibility index (Phi) is 5.74. The predicted octanol–water partition coefficient (Wildman–Crippen LogP) is 5.52. The SMILES string of the molecule is CCC(C)c1ccc(C(C)(OC2CCCCO2)C(F)(F)F)cc1. The third-order valence-electron chi connectivity index (χ3n) is 4.69. The van der Waals surface area contributed by atoms with E-state index in [-0.39, 0.29) is 5.56 Å². The lowest BCUT2D eigenvalue weighted by Crippen LogP contribution is -2.45. The van der Waals surface area contributed by atoms with E-state index in [1.54, 1.807) is 12.1 Å². The molecule has 23 heavy (non-hydrogen) atoms. The van der Waals surface area contributed by atoms with Gasteiger partial charge in [-0.05, 0) is 49.7 Å². The Bertz CT molecular complexity index is 492. The zero-order valence-electron chi connectivity index (χ0n) is 14.0. The minimum Gasteiger partial charge on any atom is -0.353 e. The zero-order valence-corrected chi connectivity index (χ0v) is 14.0. The highest BCUT2D eigenvalue weighted by molar-refractivity contribution is 5.30. The molecule has 1 aromatic carbocycles. The van der Waals surface area contributed by atoms with E-state index in [1.807, 2.05) is 0 Å². The van der Waals surface area contributed by atoms with E-state index in [1.165, 1.54) is 12.1 Å².